The topological polar surface area (TPSA) is 59.9 Å². The number of hydrogen-bond donors (Lipinski definition) is 0. The molecule has 0 radical (unpaired) electrons. The van der Waals surface area contributed by atoms with Crippen LogP contribution in [0, 0.1) is 0 Å². The van der Waals surface area contributed by atoms with Gasteiger partial charge in [0, 0.05) is 59.8 Å². The Bertz CT molecular complexity index is 2580. The van der Waals surface area contributed by atoms with Crippen LogP contribution in [0.4, 0.5) is 0 Å². The maximum absolute atomic E-state index is 15.7. The minimum atomic E-state index is -3.33. The number of rotatable bonds is 6. The molecular weight excluding hydrogens is 703 g/mol. The number of aromatic nitrogens is 2. The molecule has 4 aromatic heterocycles. The van der Waals surface area contributed by atoms with Crippen LogP contribution in [0.3, 0.4) is 0 Å². The number of nitrogens with zero attached hydrogens (tertiary/aromatic N) is 2. The van der Waals surface area contributed by atoms with E-state index in [2.05, 4.69) is 41.1 Å². The van der Waals surface area contributed by atoms with E-state index in [9.17, 15) is 0 Å². The first-order valence-electron chi connectivity index (χ1n) is 17.0. The molecule has 0 N–H and O–H groups in total. The van der Waals surface area contributed by atoms with E-state index >= 15 is 9.13 Å². The number of benzene rings is 3. The summed E-state index contributed by atoms with van der Waals surface area (Å²) in [4.78, 5) is 12.8. The highest BCUT2D eigenvalue weighted by atomic mass is 32.1. The maximum atomic E-state index is 15.7. The van der Waals surface area contributed by atoms with Gasteiger partial charge in [0.05, 0.1) is 16.8 Å². The van der Waals surface area contributed by atoms with E-state index in [0.29, 0.717) is 5.30 Å². The third kappa shape index (κ3) is 4.25. The first kappa shape index (κ1) is 31.1. The molecule has 0 fully saturated rings. The summed E-state index contributed by atoms with van der Waals surface area (Å²) < 4.78 is 31.5. The predicted molar refractivity (Wildman–Crippen MR) is 213 cm³/mol. The number of hydrogen-bond acceptors (Lipinski definition) is 6. The minimum Gasteiger partial charge on any atom is -0.309 e. The Morgan fingerprint density at radius 3 is 1.49 bits per heavy atom. The normalized spacial score (nSPS) is 16.2. The second kappa shape index (κ2) is 11.7. The summed E-state index contributed by atoms with van der Waals surface area (Å²) in [6, 6.07) is 38.2. The Labute approximate surface area is 304 Å². The molecular formula is C43H30N2O2P2S2. The first-order valence-corrected chi connectivity index (χ1v) is 22.1. The van der Waals surface area contributed by atoms with Crippen LogP contribution < -0.4 is 26.5 Å². The standard InChI is InChI=1S/C43H30N2O2P2S2/c46-48(29-13-5-1-6-14-29,30-15-7-2-8-16-30)33-25-37-39(44-27-33)40-38(43(37)35-21-23-50-41(35)42-36(43)22-24-51-42)26-34(28-45-40)49(47,31-17-9-3-10-18-31)32-19-11-4-12-20-32/h1-11,13-19,21-28H,12,20H2. The molecule has 0 saturated carbocycles. The molecule has 0 saturated heterocycles. The van der Waals surface area contributed by atoms with E-state index in [4.69, 9.17) is 9.97 Å². The van der Waals surface area contributed by atoms with Crippen LogP contribution >= 0.6 is 37.0 Å². The highest BCUT2D eigenvalue weighted by Crippen LogP contribution is 2.65. The van der Waals surface area contributed by atoms with Gasteiger partial charge in [-0.05, 0) is 64.3 Å². The molecule has 1 spiro atoms. The Balaban J connectivity index is 1.27. The van der Waals surface area contributed by atoms with Crippen molar-refractivity contribution in [2.45, 2.75) is 18.3 Å². The van der Waals surface area contributed by atoms with Crippen LogP contribution in [0.1, 0.15) is 35.1 Å². The van der Waals surface area contributed by atoms with Crippen molar-refractivity contribution in [2.24, 2.45) is 0 Å². The summed E-state index contributed by atoms with van der Waals surface area (Å²) in [5, 5.41) is 9.00. The van der Waals surface area contributed by atoms with Crippen LogP contribution in [0.15, 0.2) is 162 Å². The van der Waals surface area contributed by atoms with E-state index in [1.54, 1.807) is 28.9 Å². The first-order chi connectivity index (χ1) is 25.1. The van der Waals surface area contributed by atoms with Gasteiger partial charge < -0.3 is 9.13 Å². The Morgan fingerprint density at radius 2 is 1.02 bits per heavy atom. The fourth-order valence-corrected chi connectivity index (χ4v) is 15.9. The number of fused-ring (bicyclic) bond motifs is 10. The Morgan fingerprint density at radius 1 is 0.549 bits per heavy atom. The fourth-order valence-electron chi connectivity index (χ4n) is 8.33. The monoisotopic (exact) mass is 732 g/mol. The van der Waals surface area contributed by atoms with Gasteiger partial charge >= 0.3 is 0 Å². The summed E-state index contributed by atoms with van der Waals surface area (Å²) in [5.41, 5.74) is 5.11. The zero-order valence-corrected chi connectivity index (χ0v) is 30.8. The molecule has 0 aliphatic heterocycles. The van der Waals surface area contributed by atoms with Gasteiger partial charge in [-0.25, -0.2) is 0 Å². The van der Waals surface area contributed by atoms with E-state index in [-0.39, 0.29) is 0 Å². The van der Waals surface area contributed by atoms with E-state index in [1.807, 2.05) is 109 Å². The number of allylic oxidation sites excluding steroid dienone is 4. The summed E-state index contributed by atoms with van der Waals surface area (Å²) in [6.45, 7) is 0. The average Bonchev–Trinajstić information content (AvgIpc) is 3.99. The summed E-state index contributed by atoms with van der Waals surface area (Å²) in [7, 11) is -6.58. The van der Waals surface area contributed by atoms with Crippen LogP contribution in [0.5, 0.6) is 0 Å². The lowest BCUT2D eigenvalue weighted by atomic mass is 9.72. The zero-order chi connectivity index (χ0) is 34.2. The fraction of sp³-hybridized carbons (Fsp3) is 0.0698. The van der Waals surface area contributed by atoms with E-state index in [1.165, 1.54) is 20.9 Å². The maximum Gasteiger partial charge on any atom is 0.172 e. The smallest absolute Gasteiger partial charge is 0.172 e. The van der Waals surface area contributed by atoms with Crippen LogP contribution in [-0.4, -0.2) is 9.97 Å². The zero-order valence-electron chi connectivity index (χ0n) is 27.3. The van der Waals surface area contributed by atoms with Gasteiger partial charge in [0.15, 0.2) is 14.3 Å². The van der Waals surface area contributed by atoms with Gasteiger partial charge in [-0.1, -0.05) is 109 Å². The quantitative estimate of drug-likeness (QED) is 0.160. The highest BCUT2D eigenvalue weighted by Gasteiger charge is 2.55. The van der Waals surface area contributed by atoms with Crippen molar-refractivity contribution in [2.75, 3.05) is 0 Å². The van der Waals surface area contributed by atoms with Gasteiger partial charge in [-0.2, -0.15) is 0 Å². The molecule has 3 aliphatic carbocycles. The lowest BCUT2D eigenvalue weighted by Crippen LogP contribution is -2.30. The molecule has 4 heterocycles. The van der Waals surface area contributed by atoms with Crippen LogP contribution in [0.25, 0.3) is 21.1 Å². The van der Waals surface area contributed by atoms with Gasteiger partial charge in [-0.3, -0.25) is 9.97 Å². The summed E-state index contributed by atoms with van der Waals surface area (Å²) in [5.74, 6) is 0. The van der Waals surface area contributed by atoms with Crippen LogP contribution in [-0.2, 0) is 14.5 Å². The minimum absolute atomic E-state index is 0.681. The van der Waals surface area contributed by atoms with Gasteiger partial charge in [0.2, 0.25) is 0 Å². The van der Waals surface area contributed by atoms with E-state index in [0.717, 1.165) is 61.9 Å². The molecule has 7 aromatic rings. The molecule has 10 rings (SSSR count). The molecule has 3 aliphatic rings. The second-order valence-electron chi connectivity index (χ2n) is 13.1. The van der Waals surface area contributed by atoms with Crippen molar-refractivity contribution < 1.29 is 9.13 Å². The predicted octanol–water partition coefficient (Wildman–Crippen LogP) is 9.13. The lowest BCUT2D eigenvalue weighted by molar-refractivity contribution is 0.589. The molecule has 51 heavy (non-hydrogen) atoms. The van der Waals surface area contributed by atoms with Crippen molar-refractivity contribution in [1.82, 2.24) is 9.97 Å². The third-order valence-electron chi connectivity index (χ3n) is 10.6. The summed E-state index contributed by atoms with van der Waals surface area (Å²) in [6.07, 6.45) is 11.4. The molecule has 0 bridgehead atoms. The largest absolute Gasteiger partial charge is 0.309 e. The molecule has 4 nitrogen and oxygen atoms in total. The molecule has 1 unspecified atom stereocenters. The second-order valence-corrected chi connectivity index (χ2v) is 20.5. The number of thiophene rings is 2. The van der Waals surface area contributed by atoms with Crippen molar-refractivity contribution >= 4 is 63.5 Å². The SMILES string of the molecule is O=P(C1=CC=CCC1)(c1ccccc1)c1cnc2c(c1)C1(c3cc(P(=O)(c4ccccc4)c4ccccc4)cnc3-2)c2ccsc2-c2sccc21. The van der Waals surface area contributed by atoms with Crippen molar-refractivity contribution in [3.05, 3.63) is 184 Å². The lowest BCUT2D eigenvalue weighted by Gasteiger charge is -2.30. The van der Waals surface area contributed by atoms with Crippen molar-refractivity contribution in [3.8, 4) is 21.1 Å². The Kier molecular flexibility index (Phi) is 7.11. The molecule has 8 heteroatoms. The van der Waals surface area contributed by atoms with Gasteiger partial charge in [0.25, 0.3) is 0 Å². The average molecular weight is 733 g/mol. The summed E-state index contributed by atoms with van der Waals surface area (Å²) >= 11 is 3.49. The van der Waals surface area contributed by atoms with Gasteiger partial charge in [0.1, 0.15) is 0 Å². The van der Waals surface area contributed by atoms with Crippen molar-refractivity contribution in [3.63, 3.8) is 0 Å². The van der Waals surface area contributed by atoms with Gasteiger partial charge in [-0.15, -0.1) is 22.7 Å². The molecule has 3 aromatic carbocycles. The van der Waals surface area contributed by atoms with Crippen molar-refractivity contribution in [1.29, 1.82) is 0 Å². The highest BCUT2D eigenvalue weighted by molar-refractivity contribution is 7.85. The molecule has 246 valence electrons. The van der Waals surface area contributed by atoms with Crippen LogP contribution in [0.2, 0.25) is 0 Å². The molecule has 1 atom stereocenters. The Hall–Kier alpha value is -4.70. The third-order valence-corrected chi connectivity index (χ3v) is 18.8. The van der Waals surface area contributed by atoms with E-state index < -0.39 is 19.7 Å². The molecule has 0 amide bonds. The number of pyridine rings is 2.